The molecule has 0 aliphatic heterocycles. The summed E-state index contributed by atoms with van der Waals surface area (Å²) >= 11 is -1.35. The Balaban J connectivity index is 0.00000180. The summed E-state index contributed by atoms with van der Waals surface area (Å²) in [7, 11) is 0. The summed E-state index contributed by atoms with van der Waals surface area (Å²) < 4.78 is 5.29. The van der Waals surface area contributed by atoms with Crippen molar-refractivity contribution in [3.05, 3.63) is 42.2 Å². The maximum absolute atomic E-state index is 2.42. The van der Waals surface area contributed by atoms with E-state index in [9.17, 15) is 0 Å². The van der Waals surface area contributed by atoms with Gasteiger partial charge in [-0.15, -0.1) is 0 Å². The molecule has 0 atom stereocenters. The Hall–Kier alpha value is 0.124. The van der Waals surface area contributed by atoms with Crippen molar-refractivity contribution < 1.29 is 42.2 Å². The molecule has 0 nitrogen and oxygen atoms in total. The summed E-state index contributed by atoms with van der Waals surface area (Å²) in [6.45, 7) is 13.9. The van der Waals surface area contributed by atoms with Crippen LogP contribution in [0.15, 0.2) is 42.2 Å². The summed E-state index contributed by atoms with van der Waals surface area (Å²) in [5.74, 6) is 0. The molecular formula is C17H24Cl2Ti. The molecule has 2 rings (SSSR count). The SMILES string of the molecule is CC1=CC[C]([Ti+2]([C]2=C(C)C(C)=CC2)=[C](C)C)=C1C.[Cl-].[Cl-]. The Bertz CT molecular complexity index is 510. The minimum absolute atomic E-state index is 0. The molecule has 0 aromatic heterocycles. The molecule has 0 amide bonds. The van der Waals surface area contributed by atoms with Crippen LogP contribution in [0.5, 0.6) is 0 Å². The Kier molecular flexibility index (Phi) is 7.99. The van der Waals surface area contributed by atoms with E-state index < -0.39 is 17.4 Å². The molecule has 0 radical (unpaired) electrons. The van der Waals surface area contributed by atoms with Crippen molar-refractivity contribution in [2.75, 3.05) is 0 Å². The van der Waals surface area contributed by atoms with Crippen LogP contribution < -0.4 is 24.8 Å². The third-order valence-corrected chi connectivity index (χ3v) is 9.67. The summed E-state index contributed by atoms with van der Waals surface area (Å²) in [5.41, 5.74) is 6.21. The zero-order chi connectivity index (χ0) is 13.4. The van der Waals surface area contributed by atoms with Crippen molar-refractivity contribution >= 4 is 3.81 Å². The Morgan fingerprint density at radius 3 is 1.35 bits per heavy atom. The average Bonchev–Trinajstić information content (AvgIpc) is 2.79. The van der Waals surface area contributed by atoms with Crippen molar-refractivity contribution in [3.63, 3.8) is 0 Å². The standard InChI is InChI=1S/2C7H9.C3H6.2ClH.Ti/c2*1-6-4-3-5-7(6)2;1-3-2;;;/h2*4H,3H2,1-2H3;1-2H3;2*1H;/q;;;;;+2/p-2. The van der Waals surface area contributed by atoms with Gasteiger partial charge in [-0.25, -0.2) is 0 Å². The number of rotatable bonds is 2. The Labute approximate surface area is 142 Å². The summed E-state index contributed by atoms with van der Waals surface area (Å²) in [4.78, 5) is 0. The average molecular weight is 347 g/mol. The normalized spacial score (nSPS) is 17.1. The van der Waals surface area contributed by atoms with Gasteiger partial charge in [-0.3, -0.25) is 0 Å². The largest absolute Gasteiger partial charge is 1.00 e. The summed E-state index contributed by atoms with van der Waals surface area (Å²) in [6.07, 6.45) is 7.28. The molecule has 3 heteroatoms. The van der Waals surface area contributed by atoms with Crippen LogP contribution in [0.25, 0.3) is 0 Å². The van der Waals surface area contributed by atoms with Crippen molar-refractivity contribution in [1.82, 2.24) is 0 Å². The molecule has 0 unspecified atom stereocenters. The summed E-state index contributed by atoms with van der Waals surface area (Å²) in [6, 6.07) is 0. The molecule has 0 bridgehead atoms. The van der Waals surface area contributed by atoms with Crippen LogP contribution in [-0.4, -0.2) is 3.81 Å². The van der Waals surface area contributed by atoms with E-state index in [1.165, 1.54) is 24.0 Å². The second-order valence-electron chi connectivity index (χ2n) is 5.76. The smallest absolute Gasteiger partial charge is 1.00 e. The van der Waals surface area contributed by atoms with Gasteiger partial charge in [0.2, 0.25) is 0 Å². The fourth-order valence-corrected chi connectivity index (χ4v) is 8.16. The van der Waals surface area contributed by atoms with Gasteiger partial charge in [0, 0.05) is 0 Å². The van der Waals surface area contributed by atoms with Gasteiger partial charge in [-0.05, 0) is 0 Å². The van der Waals surface area contributed by atoms with Crippen LogP contribution in [-0.2, 0) is 17.4 Å². The van der Waals surface area contributed by atoms with Gasteiger partial charge in [-0.1, -0.05) is 0 Å². The van der Waals surface area contributed by atoms with Gasteiger partial charge in [-0.2, -0.15) is 0 Å². The van der Waals surface area contributed by atoms with E-state index in [-0.39, 0.29) is 24.8 Å². The Morgan fingerprint density at radius 2 is 1.15 bits per heavy atom. The number of halogens is 2. The van der Waals surface area contributed by atoms with Crippen LogP contribution in [0.2, 0.25) is 0 Å². The molecular weight excluding hydrogens is 323 g/mol. The minimum Gasteiger partial charge on any atom is -1.00 e. The fraction of sp³-hybridized carbons (Fsp3) is 0.471. The number of hydrogen-bond acceptors (Lipinski definition) is 0. The van der Waals surface area contributed by atoms with E-state index in [1.54, 1.807) is 22.7 Å². The first-order valence-electron chi connectivity index (χ1n) is 6.85. The van der Waals surface area contributed by atoms with E-state index in [2.05, 4.69) is 53.7 Å². The first-order chi connectivity index (χ1) is 8.43. The van der Waals surface area contributed by atoms with Crippen molar-refractivity contribution in [2.45, 2.75) is 54.4 Å². The quantitative estimate of drug-likeness (QED) is 0.567. The zero-order valence-electron chi connectivity index (χ0n) is 13.3. The topological polar surface area (TPSA) is 0 Å². The van der Waals surface area contributed by atoms with Gasteiger partial charge in [0.1, 0.15) is 0 Å². The molecule has 0 saturated carbocycles. The van der Waals surface area contributed by atoms with Crippen LogP contribution in [0.1, 0.15) is 54.4 Å². The third kappa shape index (κ3) is 3.66. The number of hydrogen-bond donors (Lipinski definition) is 0. The van der Waals surface area contributed by atoms with E-state index in [0.29, 0.717) is 0 Å². The van der Waals surface area contributed by atoms with Crippen molar-refractivity contribution in [1.29, 1.82) is 0 Å². The van der Waals surface area contributed by atoms with E-state index in [0.717, 1.165) is 0 Å². The van der Waals surface area contributed by atoms with Gasteiger partial charge in [0.15, 0.2) is 0 Å². The molecule has 20 heavy (non-hydrogen) atoms. The zero-order valence-corrected chi connectivity index (χ0v) is 16.4. The number of allylic oxidation sites excluding steroid dienone is 8. The molecule has 2 aliphatic rings. The maximum Gasteiger partial charge on any atom is -1.00 e. The van der Waals surface area contributed by atoms with Crippen molar-refractivity contribution in [3.8, 4) is 0 Å². The maximum atomic E-state index is 2.42. The van der Waals surface area contributed by atoms with Crippen LogP contribution in [0.4, 0.5) is 0 Å². The predicted molar refractivity (Wildman–Crippen MR) is 78.5 cm³/mol. The molecule has 0 aromatic rings. The fourth-order valence-electron chi connectivity index (χ4n) is 2.96. The van der Waals surface area contributed by atoms with E-state index in [4.69, 9.17) is 0 Å². The van der Waals surface area contributed by atoms with Gasteiger partial charge >= 0.3 is 118 Å². The molecule has 2 aliphatic carbocycles. The molecule has 0 heterocycles. The van der Waals surface area contributed by atoms with E-state index >= 15 is 0 Å². The predicted octanol–water partition coefficient (Wildman–Crippen LogP) is -0.927. The van der Waals surface area contributed by atoms with Crippen LogP contribution >= 0.6 is 0 Å². The molecule has 0 aromatic carbocycles. The van der Waals surface area contributed by atoms with Crippen molar-refractivity contribution in [2.24, 2.45) is 0 Å². The van der Waals surface area contributed by atoms with Gasteiger partial charge in [0.25, 0.3) is 0 Å². The summed E-state index contributed by atoms with van der Waals surface area (Å²) in [5, 5.41) is 0. The minimum atomic E-state index is -1.35. The van der Waals surface area contributed by atoms with Crippen LogP contribution in [0, 0.1) is 0 Å². The van der Waals surface area contributed by atoms with E-state index in [1.807, 2.05) is 0 Å². The second-order valence-corrected chi connectivity index (χ2v) is 10.4. The molecule has 0 fully saturated rings. The third-order valence-electron chi connectivity index (χ3n) is 4.42. The van der Waals surface area contributed by atoms with Gasteiger partial charge in [0.05, 0.1) is 0 Å². The molecule has 0 N–H and O–H groups in total. The first kappa shape index (κ1) is 20.1. The monoisotopic (exact) mass is 346 g/mol. The second kappa shape index (κ2) is 7.94. The van der Waals surface area contributed by atoms with Gasteiger partial charge < -0.3 is 24.8 Å². The van der Waals surface area contributed by atoms with Crippen LogP contribution in [0.3, 0.4) is 0 Å². The first-order valence-corrected chi connectivity index (χ1v) is 9.19. The molecule has 110 valence electrons. The molecule has 0 spiro atoms. The Morgan fingerprint density at radius 1 is 0.800 bits per heavy atom. The molecule has 0 saturated heterocycles.